The summed E-state index contributed by atoms with van der Waals surface area (Å²) < 4.78 is 0. The van der Waals surface area contributed by atoms with Gasteiger partial charge in [0, 0.05) is 49.1 Å². The Hall–Kier alpha value is -1.72. The smallest absolute Gasteiger partial charge is 0.0710 e. The molecule has 1 aliphatic heterocycles. The van der Waals surface area contributed by atoms with Crippen molar-refractivity contribution < 1.29 is 5.11 Å². The highest BCUT2D eigenvalue weighted by molar-refractivity contribution is 5.61. The molecule has 5 heteroatoms. The highest BCUT2D eigenvalue weighted by Gasteiger charge is 2.42. The maximum Gasteiger partial charge on any atom is 0.0710 e. The maximum atomic E-state index is 10.8. The molecule has 3 heterocycles. The van der Waals surface area contributed by atoms with Crippen molar-refractivity contribution in [3.63, 3.8) is 0 Å². The number of aromatic nitrogens is 3. The van der Waals surface area contributed by atoms with E-state index in [0.29, 0.717) is 5.92 Å². The van der Waals surface area contributed by atoms with Crippen LogP contribution in [0.5, 0.6) is 0 Å². The van der Waals surface area contributed by atoms with E-state index in [0.717, 1.165) is 50.2 Å². The number of rotatable bonds is 3. The molecule has 5 nitrogen and oxygen atoms in total. The largest absolute Gasteiger partial charge is 0.390 e. The van der Waals surface area contributed by atoms with Crippen LogP contribution in [0.2, 0.25) is 0 Å². The average Bonchev–Trinajstić information content (AvgIpc) is 3.04. The number of likely N-dealkylation sites (tertiary alicyclic amines) is 1. The molecule has 1 saturated heterocycles. The van der Waals surface area contributed by atoms with Crippen LogP contribution >= 0.6 is 0 Å². The number of pyridine rings is 1. The van der Waals surface area contributed by atoms with E-state index in [2.05, 4.69) is 26.1 Å². The van der Waals surface area contributed by atoms with Gasteiger partial charge in [-0.1, -0.05) is 12.8 Å². The van der Waals surface area contributed by atoms with Crippen molar-refractivity contribution in [2.24, 2.45) is 5.92 Å². The molecule has 0 aromatic carbocycles. The molecule has 0 amide bonds. The minimum atomic E-state index is -0.405. The molecule has 2 N–H and O–H groups in total. The Balaban J connectivity index is 1.49. The van der Waals surface area contributed by atoms with Crippen LogP contribution in [0.25, 0.3) is 11.3 Å². The van der Waals surface area contributed by atoms with Crippen molar-refractivity contribution in [2.75, 3.05) is 13.1 Å². The average molecular weight is 312 g/mol. The van der Waals surface area contributed by atoms with E-state index >= 15 is 0 Å². The predicted octanol–water partition coefficient (Wildman–Crippen LogP) is 2.60. The van der Waals surface area contributed by atoms with Crippen LogP contribution < -0.4 is 0 Å². The summed E-state index contributed by atoms with van der Waals surface area (Å²) in [6.07, 6.45) is 11.1. The quantitative estimate of drug-likeness (QED) is 0.914. The van der Waals surface area contributed by atoms with Gasteiger partial charge < -0.3 is 5.11 Å². The number of nitrogens with one attached hydrogen (secondary N) is 1. The standard InChI is InChI=1S/C18H24N4O/c23-18-6-2-1-5-16(18)13-22(9-7-18)12-15-11-20-21-17(15)14-4-3-8-19-10-14/h3-4,8,10-11,16,23H,1-2,5-7,9,12-13H2,(H,20,21). The van der Waals surface area contributed by atoms with Crippen molar-refractivity contribution in [1.29, 1.82) is 0 Å². The van der Waals surface area contributed by atoms with Gasteiger partial charge in [-0.2, -0.15) is 5.10 Å². The molecule has 23 heavy (non-hydrogen) atoms. The normalized spacial score (nSPS) is 28.5. The summed E-state index contributed by atoms with van der Waals surface area (Å²) in [4.78, 5) is 6.66. The first-order valence-corrected chi connectivity index (χ1v) is 8.62. The summed E-state index contributed by atoms with van der Waals surface area (Å²) in [5, 5.41) is 18.2. The van der Waals surface area contributed by atoms with Crippen molar-refractivity contribution in [1.82, 2.24) is 20.1 Å². The van der Waals surface area contributed by atoms with Crippen molar-refractivity contribution in [2.45, 2.75) is 44.2 Å². The fourth-order valence-electron chi connectivity index (χ4n) is 4.22. The zero-order valence-corrected chi connectivity index (χ0v) is 13.4. The van der Waals surface area contributed by atoms with E-state index < -0.39 is 5.60 Å². The number of hydrogen-bond acceptors (Lipinski definition) is 4. The van der Waals surface area contributed by atoms with Gasteiger partial charge in [-0.3, -0.25) is 15.0 Å². The lowest BCUT2D eigenvalue weighted by Crippen LogP contribution is -2.52. The number of piperidine rings is 1. The Bertz CT molecular complexity index is 656. The van der Waals surface area contributed by atoms with Gasteiger partial charge in [0.1, 0.15) is 0 Å². The van der Waals surface area contributed by atoms with E-state index in [1.165, 1.54) is 18.4 Å². The number of aliphatic hydroxyl groups is 1. The van der Waals surface area contributed by atoms with Crippen molar-refractivity contribution in [3.8, 4) is 11.3 Å². The monoisotopic (exact) mass is 312 g/mol. The first-order chi connectivity index (χ1) is 11.2. The third kappa shape index (κ3) is 2.91. The number of nitrogens with zero attached hydrogens (tertiary/aromatic N) is 3. The highest BCUT2D eigenvalue weighted by Crippen LogP contribution is 2.40. The number of hydrogen-bond donors (Lipinski definition) is 2. The van der Waals surface area contributed by atoms with Gasteiger partial charge in [0.05, 0.1) is 17.5 Å². The van der Waals surface area contributed by atoms with Crippen LogP contribution in [-0.4, -0.2) is 43.9 Å². The number of aromatic amines is 1. The third-order valence-corrected chi connectivity index (χ3v) is 5.57. The molecule has 122 valence electrons. The van der Waals surface area contributed by atoms with Crippen LogP contribution in [0.3, 0.4) is 0 Å². The van der Waals surface area contributed by atoms with Crippen LogP contribution in [0.15, 0.2) is 30.7 Å². The Morgan fingerprint density at radius 2 is 2.26 bits per heavy atom. The summed E-state index contributed by atoms with van der Waals surface area (Å²) in [5.41, 5.74) is 2.94. The molecule has 0 spiro atoms. The summed E-state index contributed by atoms with van der Waals surface area (Å²) in [7, 11) is 0. The lowest BCUT2D eigenvalue weighted by atomic mass is 9.71. The molecule has 4 rings (SSSR count). The summed E-state index contributed by atoms with van der Waals surface area (Å²) >= 11 is 0. The first kappa shape index (κ1) is 14.8. The molecular weight excluding hydrogens is 288 g/mol. The second kappa shape index (κ2) is 6.06. The highest BCUT2D eigenvalue weighted by atomic mass is 16.3. The second-order valence-corrected chi connectivity index (χ2v) is 7.04. The van der Waals surface area contributed by atoms with Crippen molar-refractivity contribution in [3.05, 3.63) is 36.3 Å². The van der Waals surface area contributed by atoms with Gasteiger partial charge in [0.25, 0.3) is 0 Å². The Morgan fingerprint density at radius 1 is 1.30 bits per heavy atom. The van der Waals surface area contributed by atoms with Crippen molar-refractivity contribution >= 4 is 0 Å². The molecule has 0 radical (unpaired) electrons. The SMILES string of the molecule is OC12CCCCC1CN(Cc1cn[nH]c1-c1cccnc1)CC2. The van der Waals surface area contributed by atoms with Gasteiger partial charge in [-0.05, 0) is 31.4 Å². The zero-order valence-electron chi connectivity index (χ0n) is 13.4. The minimum absolute atomic E-state index is 0.405. The molecule has 2 aliphatic rings. The fraction of sp³-hybridized carbons (Fsp3) is 0.556. The molecule has 2 fully saturated rings. The Labute approximate surface area is 136 Å². The van der Waals surface area contributed by atoms with Gasteiger partial charge in [0.15, 0.2) is 0 Å². The lowest BCUT2D eigenvalue weighted by Gasteiger charge is -2.47. The molecule has 2 aromatic rings. The number of fused-ring (bicyclic) bond motifs is 1. The van der Waals surface area contributed by atoms with Gasteiger partial charge >= 0.3 is 0 Å². The summed E-state index contributed by atoms with van der Waals surface area (Å²) in [6.45, 7) is 2.84. The van der Waals surface area contributed by atoms with E-state index in [-0.39, 0.29) is 0 Å². The van der Waals surface area contributed by atoms with Crippen LogP contribution in [0.1, 0.15) is 37.7 Å². The van der Waals surface area contributed by atoms with E-state index in [1.54, 1.807) is 6.20 Å². The van der Waals surface area contributed by atoms with Crippen LogP contribution in [0.4, 0.5) is 0 Å². The van der Waals surface area contributed by atoms with Gasteiger partial charge in [-0.25, -0.2) is 0 Å². The topological polar surface area (TPSA) is 65.0 Å². The summed E-state index contributed by atoms with van der Waals surface area (Å²) in [6, 6.07) is 4.00. The molecular formula is C18H24N4O. The molecule has 1 saturated carbocycles. The molecule has 2 atom stereocenters. The minimum Gasteiger partial charge on any atom is -0.390 e. The fourth-order valence-corrected chi connectivity index (χ4v) is 4.22. The third-order valence-electron chi connectivity index (χ3n) is 5.57. The molecule has 0 bridgehead atoms. The molecule has 1 aliphatic carbocycles. The van der Waals surface area contributed by atoms with E-state index in [4.69, 9.17) is 0 Å². The van der Waals surface area contributed by atoms with Gasteiger partial charge in [-0.15, -0.1) is 0 Å². The molecule has 2 aromatic heterocycles. The predicted molar refractivity (Wildman–Crippen MR) is 88.6 cm³/mol. The lowest BCUT2D eigenvalue weighted by molar-refractivity contribution is -0.0967. The maximum absolute atomic E-state index is 10.8. The van der Waals surface area contributed by atoms with E-state index in [1.807, 2.05) is 18.5 Å². The Kier molecular flexibility index (Phi) is 3.91. The first-order valence-electron chi connectivity index (χ1n) is 8.62. The van der Waals surface area contributed by atoms with Crippen LogP contribution in [-0.2, 0) is 6.54 Å². The summed E-state index contributed by atoms with van der Waals surface area (Å²) in [5.74, 6) is 0.429. The Morgan fingerprint density at radius 3 is 3.13 bits per heavy atom. The van der Waals surface area contributed by atoms with Crippen LogP contribution in [0, 0.1) is 5.92 Å². The number of H-pyrrole nitrogens is 1. The zero-order chi connectivity index (χ0) is 15.7. The second-order valence-electron chi connectivity index (χ2n) is 7.04. The van der Waals surface area contributed by atoms with E-state index in [9.17, 15) is 5.11 Å². The van der Waals surface area contributed by atoms with Gasteiger partial charge in [0.2, 0.25) is 0 Å². The molecule has 2 unspecified atom stereocenters.